The van der Waals surface area contributed by atoms with Crippen molar-refractivity contribution in [1.82, 2.24) is 5.32 Å². The third kappa shape index (κ3) is 3.57. The molecule has 0 aliphatic heterocycles. The van der Waals surface area contributed by atoms with Gasteiger partial charge in [-0.15, -0.1) is 11.3 Å². The quantitative estimate of drug-likeness (QED) is 0.834. The maximum Gasteiger partial charge on any atom is 0.326 e. The fourth-order valence-corrected chi connectivity index (χ4v) is 2.44. The minimum atomic E-state index is -0.982. The Balaban J connectivity index is 2.75. The van der Waals surface area contributed by atoms with Crippen LogP contribution in [-0.4, -0.2) is 23.0 Å². The molecular formula is C13H19NO3S. The van der Waals surface area contributed by atoms with Crippen molar-refractivity contribution >= 4 is 23.2 Å². The molecule has 1 rings (SSSR count). The van der Waals surface area contributed by atoms with Crippen LogP contribution >= 0.6 is 11.3 Å². The van der Waals surface area contributed by atoms with Gasteiger partial charge >= 0.3 is 5.97 Å². The molecule has 1 aromatic rings. The first-order valence-corrected chi connectivity index (χ1v) is 6.93. The summed E-state index contributed by atoms with van der Waals surface area (Å²) in [7, 11) is 0. The zero-order chi connectivity index (χ0) is 13.7. The third-order valence-electron chi connectivity index (χ3n) is 3.00. The van der Waals surface area contributed by atoms with Crippen LogP contribution in [-0.2, 0) is 11.2 Å². The summed E-state index contributed by atoms with van der Waals surface area (Å²) < 4.78 is 0. The lowest BCUT2D eigenvalue weighted by atomic mass is 9.99. The Morgan fingerprint density at radius 1 is 1.39 bits per heavy atom. The standard InChI is InChI=1S/C13H19NO3S/c1-4-8(3)11(13(16)17)14-12(15)10-7-6-9(5-2)18-10/h6-8,11H,4-5H2,1-3H3,(H,14,15)(H,16,17)/t8-,11-/m0/s1. The zero-order valence-corrected chi connectivity index (χ0v) is 11.7. The molecule has 18 heavy (non-hydrogen) atoms. The van der Waals surface area contributed by atoms with Crippen molar-refractivity contribution < 1.29 is 14.7 Å². The highest BCUT2D eigenvalue weighted by Gasteiger charge is 2.26. The fraction of sp³-hybridized carbons (Fsp3) is 0.538. The molecule has 0 aromatic carbocycles. The normalized spacial score (nSPS) is 13.9. The zero-order valence-electron chi connectivity index (χ0n) is 10.9. The Hall–Kier alpha value is -1.36. The number of carbonyl (C=O) groups excluding carboxylic acids is 1. The molecule has 0 unspecified atom stereocenters. The van der Waals surface area contributed by atoms with Gasteiger partial charge in [-0.1, -0.05) is 27.2 Å². The topological polar surface area (TPSA) is 66.4 Å². The van der Waals surface area contributed by atoms with E-state index in [9.17, 15) is 9.59 Å². The Labute approximate surface area is 111 Å². The smallest absolute Gasteiger partial charge is 0.326 e. The Kier molecular flexibility index (Phi) is 5.34. The summed E-state index contributed by atoms with van der Waals surface area (Å²) in [5, 5.41) is 11.7. The van der Waals surface area contributed by atoms with Crippen molar-refractivity contribution in [1.29, 1.82) is 0 Å². The fourth-order valence-electron chi connectivity index (χ4n) is 1.59. The first-order chi connectivity index (χ1) is 8.49. The van der Waals surface area contributed by atoms with Gasteiger partial charge in [0.25, 0.3) is 5.91 Å². The number of aryl methyl sites for hydroxylation is 1. The van der Waals surface area contributed by atoms with E-state index < -0.39 is 12.0 Å². The molecule has 0 saturated heterocycles. The first-order valence-electron chi connectivity index (χ1n) is 6.11. The second-order valence-corrected chi connectivity index (χ2v) is 5.46. The number of carboxylic acids is 1. The average molecular weight is 269 g/mol. The number of carbonyl (C=O) groups is 2. The van der Waals surface area contributed by atoms with Crippen LogP contribution in [0, 0.1) is 5.92 Å². The summed E-state index contributed by atoms with van der Waals surface area (Å²) in [5.74, 6) is -1.37. The summed E-state index contributed by atoms with van der Waals surface area (Å²) in [6, 6.07) is 2.82. The molecule has 1 heterocycles. The van der Waals surface area contributed by atoms with Crippen molar-refractivity contribution in [2.75, 3.05) is 0 Å². The van der Waals surface area contributed by atoms with Crippen LogP contribution in [0.15, 0.2) is 12.1 Å². The van der Waals surface area contributed by atoms with Crippen LogP contribution in [0.3, 0.4) is 0 Å². The molecule has 0 bridgehead atoms. The summed E-state index contributed by atoms with van der Waals surface area (Å²) in [6.45, 7) is 5.75. The minimum absolute atomic E-state index is 0.0861. The van der Waals surface area contributed by atoms with Crippen molar-refractivity contribution in [3.8, 4) is 0 Å². The second-order valence-electron chi connectivity index (χ2n) is 4.29. The Morgan fingerprint density at radius 3 is 2.50 bits per heavy atom. The molecule has 1 aromatic heterocycles. The molecule has 0 aliphatic rings. The van der Waals surface area contributed by atoms with E-state index in [2.05, 4.69) is 5.32 Å². The minimum Gasteiger partial charge on any atom is -0.480 e. The van der Waals surface area contributed by atoms with Gasteiger partial charge in [0.15, 0.2) is 0 Å². The van der Waals surface area contributed by atoms with E-state index in [1.54, 1.807) is 6.07 Å². The van der Waals surface area contributed by atoms with E-state index >= 15 is 0 Å². The van der Waals surface area contributed by atoms with E-state index in [4.69, 9.17) is 5.11 Å². The summed E-state index contributed by atoms with van der Waals surface area (Å²) in [5.41, 5.74) is 0. The van der Waals surface area contributed by atoms with E-state index in [1.165, 1.54) is 11.3 Å². The number of amides is 1. The van der Waals surface area contributed by atoms with Gasteiger partial charge in [0, 0.05) is 4.88 Å². The second kappa shape index (κ2) is 6.54. The average Bonchev–Trinajstić information content (AvgIpc) is 2.83. The van der Waals surface area contributed by atoms with Gasteiger partial charge in [0.1, 0.15) is 6.04 Å². The molecule has 0 fully saturated rings. The SMILES string of the molecule is CCc1ccc(C(=O)N[C@H](C(=O)O)[C@@H](C)CC)s1. The predicted octanol–water partition coefficient (Wildman–Crippen LogP) is 2.54. The number of nitrogens with one attached hydrogen (secondary N) is 1. The lowest BCUT2D eigenvalue weighted by Gasteiger charge is -2.19. The van der Waals surface area contributed by atoms with E-state index in [0.29, 0.717) is 11.3 Å². The molecule has 0 aliphatic carbocycles. The molecule has 4 nitrogen and oxygen atoms in total. The van der Waals surface area contributed by atoms with Crippen LogP contribution < -0.4 is 5.32 Å². The monoisotopic (exact) mass is 269 g/mol. The summed E-state index contributed by atoms with van der Waals surface area (Å²) in [6.07, 6.45) is 1.59. The lowest BCUT2D eigenvalue weighted by Crippen LogP contribution is -2.44. The number of aliphatic carboxylic acids is 1. The molecule has 1 amide bonds. The third-order valence-corrected chi connectivity index (χ3v) is 4.23. The lowest BCUT2D eigenvalue weighted by molar-refractivity contribution is -0.140. The van der Waals surface area contributed by atoms with Gasteiger partial charge in [-0.25, -0.2) is 4.79 Å². The molecule has 100 valence electrons. The van der Waals surface area contributed by atoms with Crippen LogP contribution in [0.2, 0.25) is 0 Å². The number of carboxylic acid groups (broad SMARTS) is 1. The largest absolute Gasteiger partial charge is 0.480 e. The van der Waals surface area contributed by atoms with Gasteiger partial charge in [-0.05, 0) is 24.5 Å². The molecular weight excluding hydrogens is 250 g/mol. The number of thiophene rings is 1. The van der Waals surface area contributed by atoms with Gasteiger partial charge in [0.05, 0.1) is 4.88 Å². The van der Waals surface area contributed by atoms with Gasteiger partial charge in [-0.3, -0.25) is 4.79 Å². The predicted molar refractivity (Wildman–Crippen MR) is 72.0 cm³/mol. The van der Waals surface area contributed by atoms with Crippen LogP contribution in [0.5, 0.6) is 0 Å². The Bertz CT molecular complexity index is 428. The first kappa shape index (κ1) is 14.7. The van der Waals surface area contributed by atoms with E-state index in [1.807, 2.05) is 26.8 Å². The van der Waals surface area contributed by atoms with Crippen molar-refractivity contribution in [3.05, 3.63) is 21.9 Å². The van der Waals surface area contributed by atoms with Crippen LogP contribution in [0.4, 0.5) is 0 Å². The van der Waals surface area contributed by atoms with Crippen LogP contribution in [0.1, 0.15) is 41.7 Å². The number of rotatable bonds is 6. The van der Waals surface area contributed by atoms with Gasteiger partial charge in [0.2, 0.25) is 0 Å². The summed E-state index contributed by atoms with van der Waals surface area (Å²) >= 11 is 1.41. The molecule has 2 atom stereocenters. The Morgan fingerprint density at radius 2 is 2.06 bits per heavy atom. The van der Waals surface area contributed by atoms with Gasteiger partial charge in [-0.2, -0.15) is 0 Å². The highest BCUT2D eigenvalue weighted by Crippen LogP contribution is 2.17. The van der Waals surface area contributed by atoms with Crippen LogP contribution in [0.25, 0.3) is 0 Å². The number of hydrogen-bond donors (Lipinski definition) is 2. The molecule has 0 spiro atoms. The highest BCUT2D eigenvalue weighted by atomic mass is 32.1. The highest BCUT2D eigenvalue weighted by molar-refractivity contribution is 7.14. The maximum absolute atomic E-state index is 11.9. The van der Waals surface area contributed by atoms with E-state index in [0.717, 1.165) is 11.3 Å². The van der Waals surface area contributed by atoms with Crippen molar-refractivity contribution in [2.45, 2.75) is 39.7 Å². The van der Waals surface area contributed by atoms with Crippen molar-refractivity contribution in [3.63, 3.8) is 0 Å². The molecule has 5 heteroatoms. The molecule has 0 saturated carbocycles. The molecule has 0 radical (unpaired) electrons. The number of hydrogen-bond acceptors (Lipinski definition) is 3. The van der Waals surface area contributed by atoms with Gasteiger partial charge < -0.3 is 10.4 Å². The maximum atomic E-state index is 11.9. The summed E-state index contributed by atoms with van der Waals surface area (Å²) in [4.78, 5) is 24.8. The van der Waals surface area contributed by atoms with Crippen molar-refractivity contribution in [2.24, 2.45) is 5.92 Å². The molecule has 2 N–H and O–H groups in total. The van der Waals surface area contributed by atoms with E-state index in [-0.39, 0.29) is 11.8 Å².